The number of nitrogens with one attached hydrogen (secondary N) is 1. The Labute approximate surface area is 136 Å². The third-order valence-corrected chi connectivity index (χ3v) is 4.48. The van der Waals surface area contributed by atoms with Gasteiger partial charge in [0.05, 0.1) is 5.92 Å². The molecule has 120 valence electrons. The molecule has 0 radical (unpaired) electrons. The monoisotopic (exact) mass is 312 g/mol. The Kier molecular flexibility index (Phi) is 4.72. The van der Waals surface area contributed by atoms with Gasteiger partial charge >= 0.3 is 0 Å². The quantitative estimate of drug-likeness (QED) is 0.941. The summed E-state index contributed by atoms with van der Waals surface area (Å²) in [5.41, 5.74) is 1.70. The second-order valence-electron chi connectivity index (χ2n) is 6.15. The number of hydrogen-bond acceptors (Lipinski definition) is 2. The Morgan fingerprint density at radius 2 is 1.83 bits per heavy atom. The van der Waals surface area contributed by atoms with Crippen molar-refractivity contribution in [2.45, 2.75) is 12.5 Å². The first-order valence-corrected chi connectivity index (χ1v) is 7.90. The van der Waals surface area contributed by atoms with Gasteiger partial charge in [-0.05, 0) is 18.7 Å². The Bertz CT molecular complexity index is 674. The van der Waals surface area contributed by atoms with Gasteiger partial charge in [-0.15, -0.1) is 0 Å². The predicted octanol–water partition coefficient (Wildman–Crippen LogP) is 2.79. The number of nitrogens with zero attached hydrogens (tertiary/aromatic N) is 1. The molecule has 3 nitrogen and oxygen atoms in total. The summed E-state index contributed by atoms with van der Waals surface area (Å²) in [4.78, 5) is 14.8. The van der Waals surface area contributed by atoms with Gasteiger partial charge in [-0.2, -0.15) is 0 Å². The van der Waals surface area contributed by atoms with E-state index in [0.29, 0.717) is 5.56 Å². The molecule has 1 saturated heterocycles. The maximum absolute atomic E-state index is 13.7. The first-order valence-electron chi connectivity index (χ1n) is 7.90. The number of rotatable bonds is 4. The molecule has 1 aliphatic rings. The van der Waals surface area contributed by atoms with Crippen LogP contribution in [0.5, 0.6) is 0 Å². The predicted molar refractivity (Wildman–Crippen MR) is 88.4 cm³/mol. The molecule has 1 heterocycles. The van der Waals surface area contributed by atoms with Gasteiger partial charge in [-0.1, -0.05) is 48.5 Å². The summed E-state index contributed by atoms with van der Waals surface area (Å²) in [7, 11) is 2.03. The van der Waals surface area contributed by atoms with Crippen molar-refractivity contribution >= 4 is 5.91 Å². The van der Waals surface area contributed by atoms with Gasteiger partial charge < -0.3 is 10.2 Å². The lowest BCUT2D eigenvalue weighted by molar-refractivity contribution is -0.125. The molecule has 0 spiro atoms. The second-order valence-corrected chi connectivity index (χ2v) is 6.15. The van der Waals surface area contributed by atoms with E-state index in [9.17, 15) is 9.18 Å². The molecule has 3 rings (SSSR count). The first kappa shape index (κ1) is 15.7. The number of benzene rings is 2. The third kappa shape index (κ3) is 3.59. The number of hydrogen-bond donors (Lipinski definition) is 1. The van der Waals surface area contributed by atoms with Crippen LogP contribution in [0.2, 0.25) is 0 Å². The average Bonchev–Trinajstić information content (AvgIpc) is 2.97. The van der Waals surface area contributed by atoms with Gasteiger partial charge in [0.25, 0.3) is 0 Å². The van der Waals surface area contributed by atoms with E-state index in [1.807, 2.05) is 25.2 Å². The van der Waals surface area contributed by atoms with Crippen molar-refractivity contribution in [3.8, 4) is 0 Å². The van der Waals surface area contributed by atoms with Crippen LogP contribution in [0.15, 0.2) is 54.6 Å². The van der Waals surface area contributed by atoms with Crippen molar-refractivity contribution in [1.82, 2.24) is 10.2 Å². The highest BCUT2D eigenvalue weighted by molar-refractivity contribution is 5.80. The van der Waals surface area contributed by atoms with E-state index < -0.39 is 0 Å². The van der Waals surface area contributed by atoms with E-state index in [-0.39, 0.29) is 30.1 Å². The number of carbonyl (C=O) groups excluding carboxylic acids is 1. The lowest BCUT2D eigenvalue weighted by Crippen LogP contribution is -2.34. The Morgan fingerprint density at radius 3 is 2.57 bits per heavy atom. The van der Waals surface area contributed by atoms with Gasteiger partial charge in [0.1, 0.15) is 5.82 Å². The third-order valence-electron chi connectivity index (χ3n) is 4.48. The van der Waals surface area contributed by atoms with Crippen LogP contribution in [0, 0.1) is 11.7 Å². The van der Waals surface area contributed by atoms with Crippen molar-refractivity contribution < 1.29 is 9.18 Å². The highest BCUT2D eigenvalue weighted by Crippen LogP contribution is 2.32. The zero-order valence-electron chi connectivity index (χ0n) is 13.2. The largest absolute Gasteiger partial charge is 0.352 e. The van der Waals surface area contributed by atoms with Gasteiger partial charge in [0.15, 0.2) is 0 Å². The SMILES string of the molecule is CN1C[C@H](C(=O)NCc2ccccc2F)[C@@H](c2ccccc2)C1. The van der Waals surface area contributed by atoms with Gasteiger partial charge in [-0.3, -0.25) is 4.79 Å². The molecule has 4 heteroatoms. The zero-order valence-corrected chi connectivity index (χ0v) is 13.2. The molecule has 0 aliphatic carbocycles. The van der Waals surface area contributed by atoms with Crippen molar-refractivity contribution in [3.63, 3.8) is 0 Å². The maximum atomic E-state index is 13.7. The normalized spacial score (nSPS) is 21.3. The molecule has 1 aliphatic heterocycles. The first-order chi connectivity index (χ1) is 11.1. The summed E-state index contributed by atoms with van der Waals surface area (Å²) >= 11 is 0. The number of halogens is 1. The molecule has 1 fully saturated rings. The van der Waals surface area contributed by atoms with Crippen molar-refractivity contribution in [2.24, 2.45) is 5.92 Å². The summed E-state index contributed by atoms with van der Waals surface area (Å²) in [5, 5.41) is 2.90. The topological polar surface area (TPSA) is 32.3 Å². The van der Waals surface area contributed by atoms with Gasteiger partial charge in [0, 0.05) is 31.1 Å². The minimum Gasteiger partial charge on any atom is -0.352 e. The molecule has 2 aromatic rings. The fourth-order valence-electron chi connectivity index (χ4n) is 3.26. The molecule has 2 atom stereocenters. The molecule has 1 N–H and O–H groups in total. The van der Waals surface area contributed by atoms with Gasteiger partial charge in [-0.25, -0.2) is 4.39 Å². The summed E-state index contributed by atoms with van der Waals surface area (Å²) in [6.45, 7) is 1.82. The average molecular weight is 312 g/mol. The number of amides is 1. The van der Waals surface area contributed by atoms with Gasteiger partial charge in [0.2, 0.25) is 5.91 Å². The Morgan fingerprint density at radius 1 is 1.13 bits per heavy atom. The smallest absolute Gasteiger partial charge is 0.225 e. The Balaban J connectivity index is 1.69. The molecule has 1 amide bonds. The van der Waals surface area contributed by atoms with Crippen LogP contribution in [0.25, 0.3) is 0 Å². The van der Waals surface area contributed by atoms with E-state index in [1.165, 1.54) is 11.6 Å². The standard InChI is InChI=1S/C19H21FN2O/c1-22-12-16(14-7-3-2-4-8-14)17(13-22)19(23)21-11-15-9-5-6-10-18(15)20/h2-10,16-17H,11-13H2,1H3,(H,21,23)/t16-,17+/m1/s1. The van der Waals surface area contributed by atoms with Crippen LogP contribution in [0.3, 0.4) is 0 Å². The lowest BCUT2D eigenvalue weighted by Gasteiger charge is -2.18. The molecule has 0 aromatic heterocycles. The van der Waals surface area contributed by atoms with Crippen LogP contribution in [0.4, 0.5) is 4.39 Å². The summed E-state index contributed by atoms with van der Waals surface area (Å²) in [6.07, 6.45) is 0. The molecule has 0 unspecified atom stereocenters. The molecule has 0 saturated carbocycles. The lowest BCUT2D eigenvalue weighted by atomic mass is 9.88. The van der Waals surface area contributed by atoms with E-state index in [0.717, 1.165) is 13.1 Å². The number of carbonyl (C=O) groups is 1. The second kappa shape index (κ2) is 6.92. The summed E-state index contributed by atoms with van der Waals surface area (Å²) in [6, 6.07) is 16.7. The van der Waals surface area contributed by atoms with Crippen molar-refractivity contribution in [2.75, 3.05) is 20.1 Å². The number of likely N-dealkylation sites (N-methyl/N-ethyl adjacent to an activating group) is 1. The fourth-order valence-corrected chi connectivity index (χ4v) is 3.26. The minimum atomic E-state index is -0.282. The van der Waals surface area contributed by atoms with Crippen molar-refractivity contribution in [1.29, 1.82) is 0 Å². The van der Waals surface area contributed by atoms with Crippen LogP contribution in [0.1, 0.15) is 17.0 Å². The molecule has 23 heavy (non-hydrogen) atoms. The zero-order chi connectivity index (χ0) is 16.2. The summed E-state index contributed by atoms with van der Waals surface area (Å²) < 4.78 is 13.7. The molecule has 0 bridgehead atoms. The van der Waals surface area contributed by atoms with Crippen LogP contribution in [-0.4, -0.2) is 30.9 Å². The number of likely N-dealkylation sites (tertiary alicyclic amines) is 1. The minimum absolute atomic E-state index is 0.00791. The van der Waals surface area contributed by atoms with E-state index in [4.69, 9.17) is 0 Å². The Hall–Kier alpha value is -2.20. The molecular formula is C19H21FN2O. The highest BCUT2D eigenvalue weighted by Gasteiger charge is 2.36. The van der Waals surface area contributed by atoms with Crippen LogP contribution >= 0.6 is 0 Å². The van der Waals surface area contributed by atoms with E-state index in [2.05, 4.69) is 22.3 Å². The fraction of sp³-hybridized carbons (Fsp3) is 0.316. The van der Waals surface area contributed by atoms with E-state index in [1.54, 1.807) is 18.2 Å². The van der Waals surface area contributed by atoms with Crippen LogP contribution in [-0.2, 0) is 11.3 Å². The maximum Gasteiger partial charge on any atom is 0.225 e. The molecular weight excluding hydrogens is 291 g/mol. The summed E-state index contributed by atoms with van der Waals surface area (Å²) in [5.74, 6) is -0.210. The van der Waals surface area contributed by atoms with E-state index >= 15 is 0 Å². The highest BCUT2D eigenvalue weighted by atomic mass is 19.1. The molecule has 2 aromatic carbocycles. The van der Waals surface area contributed by atoms with Crippen LogP contribution < -0.4 is 5.32 Å². The van der Waals surface area contributed by atoms with Crippen molar-refractivity contribution in [3.05, 3.63) is 71.5 Å².